The number of rotatable bonds is 5. The van der Waals surface area contributed by atoms with E-state index in [1.54, 1.807) is 12.4 Å². The molecule has 1 aliphatic heterocycles. The lowest BCUT2D eigenvalue weighted by Gasteiger charge is -2.32. The zero-order valence-corrected chi connectivity index (χ0v) is 14.6. The Hall–Kier alpha value is -2.30. The van der Waals surface area contributed by atoms with Crippen LogP contribution in [0.1, 0.15) is 47.9 Å². The molecule has 1 amide bonds. The number of hydrogen-bond acceptors (Lipinski definition) is 3. The Balaban J connectivity index is 1.56. The molecule has 1 aliphatic rings. The summed E-state index contributed by atoms with van der Waals surface area (Å²) < 4.78 is 13.0. The fourth-order valence-electron chi connectivity index (χ4n) is 3.34. The predicted molar refractivity (Wildman–Crippen MR) is 94.8 cm³/mol. The molecule has 2 aromatic rings. The fourth-order valence-corrected chi connectivity index (χ4v) is 3.34. The number of carbonyl (C=O) groups excluding carboxylic acids is 1. The van der Waals surface area contributed by atoms with Crippen LogP contribution >= 0.6 is 0 Å². The first-order valence-electron chi connectivity index (χ1n) is 9.00. The first-order chi connectivity index (χ1) is 12.2. The topological polar surface area (TPSA) is 46.1 Å². The van der Waals surface area contributed by atoms with Gasteiger partial charge in [-0.3, -0.25) is 4.79 Å². The average Bonchev–Trinajstić information content (AvgIpc) is 2.67. The molecule has 2 heterocycles. The molecule has 3 rings (SSSR count). The standard InChI is InChI=1S/C20H24FN3O/c1-2-19-22-12-17(13-23-19)20(25)24-11-3-4-16(14-24)6-5-15-7-9-18(21)10-8-15/h7-10,12-13,16H,2-6,11,14H2,1H3. The van der Waals surface area contributed by atoms with Crippen molar-refractivity contribution in [1.82, 2.24) is 14.9 Å². The Labute approximate surface area is 148 Å². The second kappa shape index (κ2) is 8.19. The number of nitrogens with zero attached hydrogens (tertiary/aromatic N) is 3. The summed E-state index contributed by atoms with van der Waals surface area (Å²) in [5.74, 6) is 1.06. The highest BCUT2D eigenvalue weighted by Gasteiger charge is 2.24. The highest BCUT2D eigenvalue weighted by molar-refractivity contribution is 5.93. The minimum Gasteiger partial charge on any atom is -0.338 e. The SMILES string of the molecule is CCc1ncc(C(=O)N2CCCC(CCc3ccc(F)cc3)C2)cn1. The molecule has 1 aromatic heterocycles. The minimum atomic E-state index is -0.200. The van der Waals surface area contributed by atoms with Gasteiger partial charge in [0.2, 0.25) is 0 Å². The second-order valence-corrected chi connectivity index (χ2v) is 6.67. The van der Waals surface area contributed by atoms with Crippen LogP contribution in [0.15, 0.2) is 36.7 Å². The lowest BCUT2D eigenvalue weighted by molar-refractivity contribution is 0.0667. The van der Waals surface area contributed by atoms with Crippen molar-refractivity contribution < 1.29 is 9.18 Å². The van der Waals surface area contributed by atoms with Crippen LogP contribution in [0.25, 0.3) is 0 Å². The Morgan fingerprint density at radius 2 is 1.96 bits per heavy atom. The number of aromatic nitrogens is 2. The van der Waals surface area contributed by atoms with Gasteiger partial charge in [-0.1, -0.05) is 19.1 Å². The van der Waals surface area contributed by atoms with Crippen LogP contribution in [0.5, 0.6) is 0 Å². The third-order valence-corrected chi connectivity index (χ3v) is 4.83. The maximum Gasteiger partial charge on any atom is 0.256 e. The summed E-state index contributed by atoms with van der Waals surface area (Å²) in [6.07, 6.45) is 8.13. The van der Waals surface area contributed by atoms with Crippen LogP contribution in [-0.4, -0.2) is 33.9 Å². The summed E-state index contributed by atoms with van der Waals surface area (Å²) in [5.41, 5.74) is 1.71. The van der Waals surface area contributed by atoms with Gasteiger partial charge in [-0.05, 0) is 49.3 Å². The molecule has 1 atom stereocenters. The Morgan fingerprint density at radius 3 is 2.64 bits per heavy atom. The Kier molecular flexibility index (Phi) is 5.74. The number of amides is 1. The third-order valence-electron chi connectivity index (χ3n) is 4.83. The number of halogens is 1. The number of benzene rings is 1. The van der Waals surface area contributed by atoms with Crippen molar-refractivity contribution >= 4 is 5.91 Å². The Bertz CT molecular complexity index is 700. The van der Waals surface area contributed by atoms with E-state index in [4.69, 9.17) is 0 Å². The van der Waals surface area contributed by atoms with Gasteiger partial charge >= 0.3 is 0 Å². The van der Waals surface area contributed by atoms with Crippen molar-refractivity contribution in [3.63, 3.8) is 0 Å². The molecule has 1 saturated heterocycles. The lowest BCUT2D eigenvalue weighted by Crippen LogP contribution is -2.40. The molecule has 0 spiro atoms. The van der Waals surface area contributed by atoms with Gasteiger partial charge in [0.05, 0.1) is 5.56 Å². The highest BCUT2D eigenvalue weighted by atomic mass is 19.1. The van der Waals surface area contributed by atoms with Gasteiger partial charge in [-0.15, -0.1) is 0 Å². The minimum absolute atomic E-state index is 0.0223. The summed E-state index contributed by atoms with van der Waals surface area (Å²) in [6, 6.07) is 6.69. The van der Waals surface area contributed by atoms with Crippen molar-refractivity contribution in [1.29, 1.82) is 0 Å². The Morgan fingerprint density at radius 1 is 1.24 bits per heavy atom. The van der Waals surface area contributed by atoms with Crippen molar-refractivity contribution in [2.24, 2.45) is 5.92 Å². The number of piperidine rings is 1. The quantitative estimate of drug-likeness (QED) is 0.834. The number of likely N-dealkylation sites (tertiary alicyclic amines) is 1. The van der Waals surface area contributed by atoms with E-state index in [0.29, 0.717) is 11.5 Å². The lowest BCUT2D eigenvalue weighted by atomic mass is 9.91. The van der Waals surface area contributed by atoms with Crippen molar-refractivity contribution in [2.45, 2.75) is 39.0 Å². The third kappa shape index (κ3) is 4.62. The molecular weight excluding hydrogens is 317 g/mol. The second-order valence-electron chi connectivity index (χ2n) is 6.67. The van der Waals surface area contributed by atoms with E-state index in [9.17, 15) is 9.18 Å². The van der Waals surface area contributed by atoms with Gasteiger partial charge in [-0.25, -0.2) is 14.4 Å². The van der Waals surface area contributed by atoms with Crippen LogP contribution in [0.2, 0.25) is 0 Å². The average molecular weight is 341 g/mol. The van der Waals surface area contributed by atoms with Gasteiger partial charge < -0.3 is 4.90 Å². The van der Waals surface area contributed by atoms with Crippen LogP contribution in [-0.2, 0) is 12.8 Å². The van der Waals surface area contributed by atoms with E-state index >= 15 is 0 Å². The zero-order valence-electron chi connectivity index (χ0n) is 14.6. The molecule has 0 radical (unpaired) electrons. The summed E-state index contributed by atoms with van der Waals surface area (Å²) in [4.78, 5) is 23.0. The van der Waals surface area contributed by atoms with Gasteiger partial charge in [0.1, 0.15) is 11.6 Å². The van der Waals surface area contributed by atoms with E-state index in [2.05, 4.69) is 9.97 Å². The molecular formula is C20H24FN3O. The molecule has 0 N–H and O–H groups in total. The van der Waals surface area contributed by atoms with E-state index in [0.717, 1.165) is 56.6 Å². The van der Waals surface area contributed by atoms with Gasteiger partial charge in [0.25, 0.3) is 5.91 Å². The number of hydrogen-bond donors (Lipinski definition) is 0. The van der Waals surface area contributed by atoms with Gasteiger partial charge in [0, 0.05) is 31.9 Å². The van der Waals surface area contributed by atoms with Crippen molar-refractivity contribution in [3.8, 4) is 0 Å². The predicted octanol–water partition coefficient (Wildman–Crippen LogP) is 3.66. The first kappa shape index (κ1) is 17.5. The van der Waals surface area contributed by atoms with Crippen LogP contribution in [0, 0.1) is 11.7 Å². The molecule has 4 nitrogen and oxygen atoms in total. The summed E-state index contributed by atoms with van der Waals surface area (Å²) in [5, 5.41) is 0. The van der Waals surface area contributed by atoms with E-state index in [1.165, 1.54) is 12.1 Å². The largest absolute Gasteiger partial charge is 0.338 e. The fraction of sp³-hybridized carbons (Fsp3) is 0.450. The van der Waals surface area contributed by atoms with Crippen LogP contribution in [0.4, 0.5) is 4.39 Å². The molecule has 0 bridgehead atoms. The molecule has 1 fully saturated rings. The zero-order chi connectivity index (χ0) is 17.6. The molecule has 25 heavy (non-hydrogen) atoms. The number of carbonyl (C=O) groups is 1. The van der Waals surface area contributed by atoms with Gasteiger partial charge in [0.15, 0.2) is 0 Å². The molecule has 0 saturated carbocycles. The summed E-state index contributed by atoms with van der Waals surface area (Å²) in [7, 11) is 0. The maximum atomic E-state index is 13.0. The molecule has 1 aromatic carbocycles. The monoisotopic (exact) mass is 341 g/mol. The summed E-state index contributed by atoms with van der Waals surface area (Å²) >= 11 is 0. The van der Waals surface area contributed by atoms with E-state index in [1.807, 2.05) is 24.0 Å². The number of aryl methyl sites for hydroxylation is 2. The van der Waals surface area contributed by atoms with Gasteiger partial charge in [-0.2, -0.15) is 0 Å². The summed E-state index contributed by atoms with van der Waals surface area (Å²) in [6.45, 7) is 3.56. The highest BCUT2D eigenvalue weighted by Crippen LogP contribution is 2.23. The van der Waals surface area contributed by atoms with E-state index in [-0.39, 0.29) is 11.7 Å². The normalized spacial score (nSPS) is 17.5. The molecule has 5 heteroatoms. The smallest absolute Gasteiger partial charge is 0.256 e. The molecule has 1 unspecified atom stereocenters. The first-order valence-corrected chi connectivity index (χ1v) is 9.00. The van der Waals surface area contributed by atoms with Crippen molar-refractivity contribution in [2.75, 3.05) is 13.1 Å². The van der Waals surface area contributed by atoms with Crippen molar-refractivity contribution in [3.05, 3.63) is 59.4 Å². The van der Waals surface area contributed by atoms with Crippen LogP contribution in [0.3, 0.4) is 0 Å². The van der Waals surface area contributed by atoms with Crippen LogP contribution < -0.4 is 0 Å². The van der Waals surface area contributed by atoms with E-state index < -0.39 is 0 Å². The molecule has 132 valence electrons. The molecule has 0 aliphatic carbocycles. The maximum absolute atomic E-state index is 13.0.